The van der Waals surface area contributed by atoms with Crippen molar-refractivity contribution in [2.45, 2.75) is 13.8 Å². The minimum absolute atomic E-state index is 0.312. The van der Waals surface area contributed by atoms with E-state index in [0.29, 0.717) is 16.6 Å². The monoisotopic (exact) mass is 269 g/mol. The second-order valence-electron chi connectivity index (χ2n) is 4.70. The van der Waals surface area contributed by atoms with Crippen LogP contribution in [0.25, 0.3) is 22.2 Å². The minimum Gasteiger partial charge on any atom is -0.266 e. The summed E-state index contributed by atoms with van der Waals surface area (Å²) in [5.74, 6) is -0.312. The summed E-state index contributed by atoms with van der Waals surface area (Å²) in [4.78, 5) is 16.2. The summed E-state index contributed by atoms with van der Waals surface area (Å²) in [6.45, 7) is 3.78. The summed E-state index contributed by atoms with van der Waals surface area (Å²) in [6, 6.07) is 7.87. The summed E-state index contributed by atoms with van der Waals surface area (Å²) < 4.78 is 13.0. The Balaban J connectivity index is 2.37. The normalized spacial score (nSPS) is 10.9. The molecule has 0 aliphatic rings. The SMILES string of the molecule is Cc1cc2c(-c3ccc(F)cc3)n[nH]c(=O)c2nc1C. The van der Waals surface area contributed by atoms with Crippen LogP contribution in [0.5, 0.6) is 0 Å². The molecule has 20 heavy (non-hydrogen) atoms. The quantitative estimate of drug-likeness (QED) is 0.739. The lowest BCUT2D eigenvalue weighted by Gasteiger charge is -2.07. The largest absolute Gasteiger partial charge is 0.290 e. The number of nitrogens with zero attached hydrogens (tertiary/aromatic N) is 2. The Morgan fingerprint density at radius 3 is 2.55 bits per heavy atom. The third-order valence-corrected chi connectivity index (χ3v) is 3.32. The lowest BCUT2D eigenvalue weighted by molar-refractivity contribution is 0.628. The highest BCUT2D eigenvalue weighted by Gasteiger charge is 2.11. The van der Waals surface area contributed by atoms with Crippen LogP contribution >= 0.6 is 0 Å². The van der Waals surface area contributed by atoms with Crippen molar-refractivity contribution in [3.05, 3.63) is 57.8 Å². The highest BCUT2D eigenvalue weighted by Crippen LogP contribution is 2.25. The third-order valence-electron chi connectivity index (χ3n) is 3.32. The van der Waals surface area contributed by atoms with Crippen molar-refractivity contribution < 1.29 is 4.39 Å². The van der Waals surface area contributed by atoms with Crippen LogP contribution in [0, 0.1) is 19.7 Å². The fourth-order valence-electron chi connectivity index (χ4n) is 2.11. The Bertz CT molecular complexity index is 853. The third kappa shape index (κ3) is 1.97. The molecule has 3 rings (SSSR count). The summed E-state index contributed by atoms with van der Waals surface area (Å²) in [7, 11) is 0. The van der Waals surface area contributed by atoms with Crippen molar-refractivity contribution in [2.24, 2.45) is 0 Å². The number of aromatic nitrogens is 3. The van der Waals surface area contributed by atoms with Gasteiger partial charge in [-0.2, -0.15) is 5.10 Å². The van der Waals surface area contributed by atoms with Crippen LogP contribution < -0.4 is 5.56 Å². The zero-order valence-corrected chi connectivity index (χ0v) is 11.1. The van der Waals surface area contributed by atoms with Crippen molar-refractivity contribution in [1.82, 2.24) is 15.2 Å². The number of fused-ring (bicyclic) bond motifs is 1. The van der Waals surface area contributed by atoms with Gasteiger partial charge in [0.25, 0.3) is 5.56 Å². The van der Waals surface area contributed by atoms with E-state index in [1.807, 2.05) is 19.9 Å². The van der Waals surface area contributed by atoms with E-state index in [1.54, 1.807) is 12.1 Å². The number of hydrogen-bond acceptors (Lipinski definition) is 3. The van der Waals surface area contributed by atoms with E-state index in [9.17, 15) is 9.18 Å². The van der Waals surface area contributed by atoms with E-state index < -0.39 is 0 Å². The maximum Gasteiger partial charge on any atom is 0.290 e. The maximum atomic E-state index is 13.0. The van der Waals surface area contributed by atoms with E-state index in [0.717, 1.165) is 16.8 Å². The minimum atomic E-state index is -0.325. The van der Waals surface area contributed by atoms with Gasteiger partial charge in [0, 0.05) is 16.6 Å². The molecule has 5 heteroatoms. The number of aryl methyl sites for hydroxylation is 2. The summed E-state index contributed by atoms with van der Waals surface area (Å²) in [5.41, 5.74) is 3.14. The van der Waals surface area contributed by atoms with E-state index >= 15 is 0 Å². The molecule has 0 saturated carbocycles. The van der Waals surface area contributed by atoms with Gasteiger partial charge in [0.1, 0.15) is 17.0 Å². The predicted molar refractivity (Wildman–Crippen MR) is 75.0 cm³/mol. The highest BCUT2D eigenvalue weighted by molar-refractivity contribution is 5.91. The Kier molecular flexibility index (Phi) is 2.82. The standard InChI is InChI=1S/C15H12FN3O/c1-8-7-12-13(10-3-5-11(16)6-4-10)18-19-15(20)14(12)17-9(8)2/h3-7H,1-2H3,(H,19,20). The molecule has 0 unspecified atom stereocenters. The zero-order chi connectivity index (χ0) is 14.3. The fourth-order valence-corrected chi connectivity index (χ4v) is 2.11. The topological polar surface area (TPSA) is 58.6 Å². The average Bonchev–Trinajstić information content (AvgIpc) is 2.43. The molecule has 1 aromatic carbocycles. The van der Waals surface area contributed by atoms with Crippen LogP contribution in [0.2, 0.25) is 0 Å². The van der Waals surface area contributed by atoms with Gasteiger partial charge in [-0.3, -0.25) is 4.79 Å². The first-order chi connectivity index (χ1) is 9.56. The van der Waals surface area contributed by atoms with Crippen molar-refractivity contribution in [3.8, 4) is 11.3 Å². The van der Waals surface area contributed by atoms with Crippen LogP contribution in [-0.2, 0) is 0 Å². The molecule has 100 valence electrons. The van der Waals surface area contributed by atoms with Gasteiger partial charge in [0.05, 0.1) is 0 Å². The van der Waals surface area contributed by atoms with E-state index in [4.69, 9.17) is 0 Å². The number of halogens is 1. The van der Waals surface area contributed by atoms with Crippen molar-refractivity contribution in [2.75, 3.05) is 0 Å². The number of rotatable bonds is 1. The Morgan fingerprint density at radius 1 is 1.15 bits per heavy atom. The van der Waals surface area contributed by atoms with Crippen molar-refractivity contribution in [3.63, 3.8) is 0 Å². The molecule has 0 bridgehead atoms. The molecular formula is C15H12FN3O. The first-order valence-electron chi connectivity index (χ1n) is 6.19. The van der Waals surface area contributed by atoms with Crippen LogP contribution in [0.4, 0.5) is 4.39 Å². The summed E-state index contributed by atoms with van der Waals surface area (Å²) in [6.07, 6.45) is 0. The first-order valence-corrected chi connectivity index (χ1v) is 6.19. The highest BCUT2D eigenvalue weighted by atomic mass is 19.1. The number of H-pyrrole nitrogens is 1. The van der Waals surface area contributed by atoms with Crippen LogP contribution in [0.1, 0.15) is 11.3 Å². The second-order valence-corrected chi connectivity index (χ2v) is 4.70. The van der Waals surface area contributed by atoms with Gasteiger partial charge >= 0.3 is 0 Å². The smallest absolute Gasteiger partial charge is 0.266 e. The average molecular weight is 269 g/mol. The van der Waals surface area contributed by atoms with Gasteiger partial charge in [0.15, 0.2) is 0 Å². The lowest BCUT2D eigenvalue weighted by Crippen LogP contribution is -2.12. The molecule has 0 fully saturated rings. The van der Waals surface area contributed by atoms with E-state index in [1.165, 1.54) is 12.1 Å². The van der Waals surface area contributed by atoms with Gasteiger partial charge in [-0.05, 0) is 49.7 Å². The van der Waals surface area contributed by atoms with Gasteiger partial charge < -0.3 is 0 Å². The van der Waals surface area contributed by atoms with Gasteiger partial charge in [-0.1, -0.05) is 0 Å². The predicted octanol–water partition coefficient (Wildman–Crippen LogP) is 2.74. The molecule has 0 amide bonds. The first kappa shape index (κ1) is 12.5. The van der Waals surface area contributed by atoms with Gasteiger partial charge in [-0.15, -0.1) is 0 Å². The number of benzene rings is 1. The van der Waals surface area contributed by atoms with Gasteiger partial charge in [-0.25, -0.2) is 14.5 Å². The molecule has 3 aromatic rings. The molecule has 1 N–H and O–H groups in total. The van der Waals surface area contributed by atoms with Crippen molar-refractivity contribution >= 4 is 10.9 Å². The molecule has 2 heterocycles. The Hall–Kier alpha value is -2.56. The number of nitrogens with one attached hydrogen (secondary N) is 1. The van der Waals surface area contributed by atoms with Gasteiger partial charge in [0.2, 0.25) is 0 Å². The van der Waals surface area contributed by atoms with E-state index in [2.05, 4.69) is 15.2 Å². The van der Waals surface area contributed by atoms with E-state index in [-0.39, 0.29) is 11.4 Å². The Morgan fingerprint density at radius 2 is 1.85 bits per heavy atom. The molecule has 0 saturated heterocycles. The summed E-state index contributed by atoms with van der Waals surface area (Å²) >= 11 is 0. The molecule has 0 atom stereocenters. The number of aromatic amines is 1. The molecule has 0 aliphatic heterocycles. The molecule has 0 spiro atoms. The van der Waals surface area contributed by atoms with Crippen molar-refractivity contribution in [1.29, 1.82) is 0 Å². The number of hydrogen-bond donors (Lipinski definition) is 1. The molecular weight excluding hydrogens is 257 g/mol. The summed E-state index contributed by atoms with van der Waals surface area (Å²) in [5, 5.41) is 7.19. The van der Waals surface area contributed by atoms with Crippen LogP contribution in [-0.4, -0.2) is 15.2 Å². The molecule has 0 radical (unpaired) electrons. The lowest BCUT2D eigenvalue weighted by atomic mass is 10.1. The Labute approximate surface area is 114 Å². The zero-order valence-electron chi connectivity index (χ0n) is 11.1. The van der Waals surface area contributed by atoms with Crippen LogP contribution in [0.3, 0.4) is 0 Å². The van der Waals surface area contributed by atoms with Crippen LogP contribution in [0.15, 0.2) is 35.1 Å². The molecule has 0 aliphatic carbocycles. The maximum absolute atomic E-state index is 13.0. The molecule has 2 aromatic heterocycles. The molecule has 4 nitrogen and oxygen atoms in total. The second kappa shape index (κ2) is 4.52. The fraction of sp³-hybridized carbons (Fsp3) is 0.133. The number of pyridine rings is 1.